The maximum Gasteiger partial charge on any atom is 0.257 e. The van der Waals surface area contributed by atoms with Crippen LogP contribution in [0.5, 0.6) is 11.5 Å². The van der Waals surface area contributed by atoms with Gasteiger partial charge in [-0.1, -0.05) is 17.7 Å². The minimum Gasteiger partial charge on any atom is -0.493 e. The van der Waals surface area contributed by atoms with Gasteiger partial charge in [-0.25, -0.2) is 12.7 Å². The maximum atomic E-state index is 12.8. The Labute approximate surface area is 191 Å². The first kappa shape index (κ1) is 23.5. The number of amides is 1. The maximum absolute atomic E-state index is 12.8. The fourth-order valence-corrected chi connectivity index (χ4v) is 3.89. The SMILES string of the molecule is COc1ccc(NC(=O)c2cc(S(=O)(=O)N(C)C)ccc2Cl)cc1OCc1cccnc1. The zero-order chi connectivity index (χ0) is 23.3. The molecule has 168 valence electrons. The molecule has 0 spiro atoms. The first-order chi connectivity index (χ1) is 15.2. The van der Waals surface area contributed by atoms with Gasteiger partial charge in [-0.15, -0.1) is 0 Å². The Balaban J connectivity index is 1.83. The third-order valence-electron chi connectivity index (χ3n) is 4.50. The summed E-state index contributed by atoms with van der Waals surface area (Å²) in [4.78, 5) is 16.9. The molecule has 10 heteroatoms. The van der Waals surface area contributed by atoms with Crippen molar-refractivity contribution >= 4 is 33.2 Å². The smallest absolute Gasteiger partial charge is 0.257 e. The van der Waals surface area contributed by atoms with Crippen molar-refractivity contribution in [3.8, 4) is 11.5 Å². The summed E-state index contributed by atoms with van der Waals surface area (Å²) in [7, 11) is 0.618. The summed E-state index contributed by atoms with van der Waals surface area (Å²) in [5.74, 6) is 0.349. The number of halogens is 1. The van der Waals surface area contributed by atoms with Gasteiger partial charge in [0.15, 0.2) is 11.5 Å². The monoisotopic (exact) mass is 475 g/mol. The highest BCUT2D eigenvalue weighted by atomic mass is 35.5. The number of pyridine rings is 1. The molecule has 0 radical (unpaired) electrons. The van der Waals surface area contributed by atoms with Crippen molar-refractivity contribution in [2.24, 2.45) is 0 Å². The number of rotatable bonds is 8. The molecule has 8 nitrogen and oxygen atoms in total. The van der Waals surface area contributed by atoms with Crippen molar-refractivity contribution in [1.82, 2.24) is 9.29 Å². The fraction of sp³-hybridized carbons (Fsp3) is 0.182. The molecule has 0 unspecified atom stereocenters. The van der Waals surface area contributed by atoms with Crippen LogP contribution in [0.4, 0.5) is 5.69 Å². The number of hydrogen-bond donors (Lipinski definition) is 1. The van der Waals surface area contributed by atoms with E-state index in [4.69, 9.17) is 21.1 Å². The third-order valence-corrected chi connectivity index (χ3v) is 6.64. The van der Waals surface area contributed by atoms with Gasteiger partial charge in [-0.2, -0.15) is 0 Å². The van der Waals surface area contributed by atoms with Crippen LogP contribution >= 0.6 is 11.6 Å². The number of aromatic nitrogens is 1. The van der Waals surface area contributed by atoms with E-state index in [2.05, 4.69) is 10.3 Å². The number of anilines is 1. The average Bonchev–Trinajstić information content (AvgIpc) is 2.78. The number of nitrogens with zero attached hydrogens (tertiary/aromatic N) is 2. The number of carbonyl (C=O) groups is 1. The average molecular weight is 476 g/mol. The Morgan fingerprint density at radius 2 is 1.91 bits per heavy atom. The van der Waals surface area contributed by atoms with Crippen LogP contribution in [0.1, 0.15) is 15.9 Å². The zero-order valence-electron chi connectivity index (χ0n) is 17.7. The Bertz CT molecular complexity index is 1220. The Morgan fingerprint density at radius 1 is 1.12 bits per heavy atom. The molecule has 1 aromatic heterocycles. The molecular formula is C22H22ClN3O5S. The van der Waals surface area contributed by atoms with E-state index in [0.717, 1.165) is 9.87 Å². The summed E-state index contributed by atoms with van der Waals surface area (Å²) in [5, 5.41) is 2.84. The molecule has 1 N–H and O–H groups in total. The third kappa shape index (κ3) is 5.37. The summed E-state index contributed by atoms with van der Waals surface area (Å²) < 4.78 is 37.0. The predicted octanol–water partition coefficient (Wildman–Crippen LogP) is 3.83. The standard InChI is InChI=1S/C22H22ClN3O5S/c1-26(2)32(28,29)17-7-8-19(23)18(12-17)22(27)25-16-6-9-20(30-3)21(11-16)31-14-15-5-4-10-24-13-15/h4-13H,14H2,1-3H3,(H,25,27). The highest BCUT2D eigenvalue weighted by Crippen LogP contribution is 2.31. The number of methoxy groups -OCH3 is 1. The summed E-state index contributed by atoms with van der Waals surface area (Å²) in [5.41, 5.74) is 1.33. The highest BCUT2D eigenvalue weighted by Gasteiger charge is 2.21. The molecule has 32 heavy (non-hydrogen) atoms. The van der Waals surface area contributed by atoms with Crippen molar-refractivity contribution in [1.29, 1.82) is 0 Å². The first-order valence-electron chi connectivity index (χ1n) is 9.45. The second-order valence-electron chi connectivity index (χ2n) is 6.90. The lowest BCUT2D eigenvalue weighted by Gasteiger charge is -2.15. The van der Waals surface area contributed by atoms with E-state index in [0.29, 0.717) is 17.2 Å². The molecule has 0 aliphatic heterocycles. The van der Waals surface area contributed by atoms with Gasteiger partial charge < -0.3 is 14.8 Å². The summed E-state index contributed by atoms with van der Waals surface area (Å²) in [6.45, 7) is 0.262. The Hall–Kier alpha value is -3.14. The van der Waals surface area contributed by atoms with Crippen molar-refractivity contribution in [2.75, 3.05) is 26.5 Å². The van der Waals surface area contributed by atoms with Crippen molar-refractivity contribution in [3.05, 3.63) is 77.1 Å². The Morgan fingerprint density at radius 3 is 2.56 bits per heavy atom. The molecule has 0 atom stereocenters. The molecule has 0 aliphatic carbocycles. The van der Waals surface area contributed by atoms with Crippen molar-refractivity contribution < 1.29 is 22.7 Å². The van der Waals surface area contributed by atoms with Crippen LogP contribution in [0.3, 0.4) is 0 Å². The van der Waals surface area contributed by atoms with E-state index in [9.17, 15) is 13.2 Å². The van der Waals surface area contributed by atoms with E-state index < -0.39 is 15.9 Å². The van der Waals surface area contributed by atoms with Crippen LogP contribution in [0.2, 0.25) is 5.02 Å². The second-order valence-corrected chi connectivity index (χ2v) is 9.46. The minimum atomic E-state index is -3.72. The lowest BCUT2D eigenvalue weighted by atomic mass is 10.2. The van der Waals surface area contributed by atoms with E-state index in [1.165, 1.54) is 39.4 Å². The van der Waals surface area contributed by atoms with Crippen LogP contribution < -0.4 is 14.8 Å². The topological polar surface area (TPSA) is 97.8 Å². The molecule has 0 aliphatic rings. The van der Waals surface area contributed by atoms with E-state index in [-0.39, 0.29) is 22.1 Å². The van der Waals surface area contributed by atoms with Crippen LogP contribution in [0, 0.1) is 0 Å². The number of benzene rings is 2. The van der Waals surface area contributed by atoms with Gasteiger partial charge in [0, 0.05) is 43.8 Å². The summed E-state index contributed by atoms with van der Waals surface area (Å²) in [6.07, 6.45) is 3.36. The molecule has 0 bridgehead atoms. The Kier molecular flexibility index (Phi) is 7.34. The van der Waals surface area contributed by atoms with Crippen molar-refractivity contribution in [3.63, 3.8) is 0 Å². The van der Waals surface area contributed by atoms with E-state index >= 15 is 0 Å². The lowest BCUT2D eigenvalue weighted by Crippen LogP contribution is -2.23. The molecule has 3 rings (SSSR count). The molecule has 3 aromatic rings. The van der Waals surface area contributed by atoms with E-state index in [1.54, 1.807) is 36.7 Å². The van der Waals surface area contributed by atoms with Gasteiger partial charge in [-0.3, -0.25) is 9.78 Å². The molecule has 0 fully saturated rings. The lowest BCUT2D eigenvalue weighted by molar-refractivity contribution is 0.102. The van der Waals surface area contributed by atoms with E-state index in [1.807, 2.05) is 6.07 Å². The number of sulfonamides is 1. The van der Waals surface area contributed by atoms with Gasteiger partial charge >= 0.3 is 0 Å². The first-order valence-corrected chi connectivity index (χ1v) is 11.3. The number of carbonyl (C=O) groups excluding carboxylic acids is 1. The van der Waals surface area contributed by atoms with Gasteiger partial charge in [0.25, 0.3) is 5.91 Å². The molecule has 1 heterocycles. The van der Waals surface area contributed by atoms with Crippen LogP contribution in [-0.2, 0) is 16.6 Å². The van der Waals surface area contributed by atoms with Crippen molar-refractivity contribution in [2.45, 2.75) is 11.5 Å². The fourth-order valence-electron chi connectivity index (χ4n) is 2.76. The van der Waals surface area contributed by atoms with Crippen LogP contribution in [-0.4, -0.2) is 44.8 Å². The van der Waals surface area contributed by atoms with Gasteiger partial charge in [0.05, 0.1) is 22.6 Å². The van der Waals surface area contributed by atoms with Crippen LogP contribution in [0.25, 0.3) is 0 Å². The van der Waals surface area contributed by atoms with Gasteiger partial charge in [0.2, 0.25) is 10.0 Å². The molecule has 0 saturated heterocycles. The largest absolute Gasteiger partial charge is 0.493 e. The number of hydrogen-bond acceptors (Lipinski definition) is 6. The van der Waals surface area contributed by atoms with Gasteiger partial charge in [0.1, 0.15) is 6.61 Å². The predicted molar refractivity (Wildman–Crippen MR) is 122 cm³/mol. The molecule has 1 amide bonds. The molecule has 2 aromatic carbocycles. The number of nitrogens with one attached hydrogen (secondary N) is 1. The summed E-state index contributed by atoms with van der Waals surface area (Å²) >= 11 is 6.16. The highest BCUT2D eigenvalue weighted by molar-refractivity contribution is 7.89. The zero-order valence-corrected chi connectivity index (χ0v) is 19.3. The summed E-state index contributed by atoms with van der Waals surface area (Å²) in [6, 6.07) is 12.6. The number of ether oxygens (including phenoxy) is 2. The molecular weight excluding hydrogens is 454 g/mol. The van der Waals surface area contributed by atoms with Gasteiger partial charge in [-0.05, 0) is 36.4 Å². The minimum absolute atomic E-state index is 0.0308. The quantitative estimate of drug-likeness (QED) is 0.531. The molecule has 0 saturated carbocycles. The second kappa shape index (κ2) is 9.99. The van der Waals surface area contributed by atoms with Crippen LogP contribution in [0.15, 0.2) is 65.8 Å². The normalized spacial score (nSPS) is 11.3.